The molecule has 0 saturated carbocycles. The Hall–Kier alpha value is -1.86. The first-order valence-electron chi connectivity index (χ1n) is 7.40. The summed E-state index contributed by atoms with van der Waals surface area (Å²) in [6.45, 7) is 1.82. The van der Waals surface area contributed by atoms with E-state index in [2.05, 4.69) is 15.3 Å². The van der Waals surface area contributed by atoms with Crippen molar-refractivity contribution >= 4 is 29.0 Å². The first-order valence-corrected chi connectivity index (χ1v) is 8.66. The van der Waals surface area contributed by atoms with E-state index in [1.807, 2.05) is 17.5 Å². The van der Waals surface area contributed by atoms with Crippen LogP contribution in [0, 0.1) is 0 Å². The molecule has 2 amide bonds. The predicted molar refractivity (Wildman–Crippen MR) is 88.8 cm³/mol. The second-order valence-corrected chi connectivity index (χ2v) is 6.72. The summed E-state index contributed by atoms with van der Waals surface area (Å²) in [5, 5.41) is 5.41. The van der Waals surface area contributed by atoms with Crippen molar-refractivity contribution in [3.63, 3.8) is 0 Å². The average Bonchev–Trinajstić information content (AvgIpc) is 3.08. The van der Waals surface area contributed by atoms with Crippen LogP contribution in [0.3, 0.4) is 0 Å². The molecule has 2 aromatic rings. The molecule has 23 heavy (non-hydrogen) atoms. The zero-order chi connectivity index (χ0) is 16.1. The van der Waals surface area contributed by atoms with Gasteiger partial charge in [0.1, 0.15) is 6.10 Å². The number of halogens is 1. The molecule has 0 bridgehead atoms. The molecule has 0 aliphatic carbocycles. The standard InChI is InChI=1S/C15H17ClN4O2S/c16-11-7-17-14(18-8-11)22-12-3-1-5-20(10-12)15(21)19-9-13-4-2-6-23-13/h2,4,6-8,12H,1,3,5,9-10H2,(H,19,21). The molecule has 1 aliphatic rings. The molecule has 0 aromatic carbocycles. The Bertz CT molecular complexity index is 635. The lowest BCUT2D eigenvalue weighted by Crippen LogP contribution is -2.48. The van der Waals surface area contributed by atoms with Gasteiger partial charge < -0.3 is 15.0 Å². The minimum Gasteiger partial charge on any atom is -0.458 e. The van der Waals surface area contributed by atoms with Crippen LogP contribution >= 0.6 is 22.9 Å². The minimum atomic E-state index is -0.0996. The zero-order valence-electron chi connectivity index (χ0n) is 12.4. The molecule has 0 radical (unpaired) electrons. The molecule has 1 atom stereocenters. The highest BCUT2D eigenvalue weighted by atomic mass is 35.5. The number of hydrogen-bond acceptors (Lipinski definition) is 5. The van der Waals surface area contributed by atoms with Crippen molar-refractivity contribution < 1.29 is 9.53 Å². The molecule has 0 spiro atoms. The second kappa shape index (κ2) is 7.61. The van der Waals surface area contributed by atoms with Crippen LogP contribution in [-0.2, 0) is 6.54 Å². The van der Waals surface area contributed by atoms with E-state index in [-0.39, 0.29) is 12.1 Å². The number of piperidine rings is 1. The van der Waals surface area contributed by atoms with Crippen LogP contribution in [0.25, 0.3) is 0 Å². The Morgan fingerprint density at radius 2 is 2.30 bits per heavy atom. The highest BCUT2D eigenvalue weighted by Gasteiger charge is 2.25. The first-order chi connectivity index (χ1) is 11.2. The van der Waals surface area contributed by atoms with Crippen LogP contribution in [-0.4, -0.2) is 40.1 Å². The van der Waals surface area contributed by atoms with E-state index in [0.717, 1.165) is 24.3 Å². The summed E-state index contributed by atoms with van der Waals surface area (Å²) in [6.07, 6.45) is 4.67. The SMILES string of the molecule is O=C(NCc1cccs1)N1CCCC(Oc2ncc(Cl)cn2)C1. The van der Waals surface area contributed by atoms with Crippen molar-refractivity contribution in [1.29, 1.82) is 0 Å². The largest absolute Gasteiger partial charge is 0.458 e. The monoisotopic (exact) mass is 352 g/mol. The minimum absolute atomic E-state index is 0.0660. The van der Waals surface area contributed by atoms with Crippen molar-refractivity contribution in [3.8, 4) is 6.01 Å². The maximum absolute atomic E-state index is 12.3. The molecule has 122 valence electrons. The van der Waals surface area contributed by atoms with Crippen LogP contribution in [0.5, 0.6) is 6.01 Å². The smallest absolute Gasteiger partial charge is 0.317 e. The number of carbonyl (C=O) groups excluding carboxylic acids is 1. The van der Waals surface area contributed by atoms with Crippen LogP contribution in [0.15, 0.2) is 29.9 Å². The van der Waals surface area contributed by atoms with Gasteiger partial charge in [0.25, 0.3) is 0 Å². The van der Waals surface area contributed by atoms with Crippen LogP contribution in [0.1, 0.15) is 17.7 Å². The van der Waals surface area contributed by atoms with E-state index in [0.29, 0.717) is 24.1 Å². The number of nitrogens with zero attached hydrogens (tertiary/aromatic N) is 3. The number of urea groups is 1. The fraction of sp³-hybridized carbons (Fsp3) is 0.400. The third-order valence-corrected chi connectivity index (χ3v) is 4.60. The fourth-order valence-corrected chi connectivity index (χ4v) is 3.16. The van der Waals surface area contributed by atoms with Gasteiger partial charge >= 0.3 is 12.0 Å². The van der Waals surface area contributed by atoms with Crippen molar-refractivity contribution in [3.05, 3.63) is 39.8 Å². The number of nitrogens with one attached hydrogen (secondary N) is 1. The Morgan fingerprint density at radius 3 is 3.04 bits per heavy atom. The maximum atomic E-state index is 12.3. The second-order valence-electron chi connectivity index (χ2n) is 5.25. The summed E-state index contributed by atoms with van der Waals surface area (Å²) >= 11 is 7.39. The van der Waals surface area contributed by atoms with Gasteiger partial charge in [-0.15, -0.1) is 11.3 Å². The molecule has 8 heteroatoms. The number of ether oxygens (including phenoxy) is 1. The van der Waals surface area contributed by atoms with Gasteiger partial charge in [-0.05, 0) is 24.3 Å². The first kappa shape index (κ1) is 16.0. The van der Waals surface area contributed by atoms with Gasteiger partial charge in [-0.25, -0.2) is 14.8 Å². The topological polar surface area (TPSA) is 67.4 Å². The zero-order valence-corrected chi connectivity index (χ0v) is 14.0. The van der Waals surface area contributed by atoms with E-state index >= 15 is 0 Å². The van der Waals surface area contributed by atoms with Crippen molar-refractivity contribution in [1.82, 2.24) is 20.2 Å². The Kier molecular flexibility index (Phi) is 5.30. The van der Waals surface area contributed by atoms with Crippen molar-refractivity contribution in [2.75, 3.05) is 13.1 Å². The van der Waals surface area contributed by atoms with Crippen molar-refractivity contribution in [2.45, 2.75) is 25.5 Å². The van der Waals surface area contributed by atoms with Gasteiger partial charge in [0.2, 0.25) is 0 Å². The van der Waals surface area contributed by atoms with E-state index < -0.39 is 0 Å². The number of amides is 2. The average molecular weight is 353 g/mol. The molecular weight excluding hydrogens is 336 g/mol. The Labute approximate surface area is 143 Å². The summed E-state index contributed by atoms with van der Waals surface area (Å²) in [5.41, 5.74) is 0. The van der Waals surface area contributed by atoms with Crippen LogP contribution in [0.2, 0.25) is 5.02 Å². The van der Waals surface area contributed by atoms with Gasteiger partial charge in [-0.2, -0.15) is 0 Å². The highest BCUT2D eigenvalue weighted by molar-refractivity contribution is 7.09. The van der Waals surface area contributed by atoms with E-state index in [9.17, 15) is 4.79 Å². The molecule has 2 aromatic heterocycles. The van der Waals surface area contributed by atoms with E-state index in [1.165, 1.54) is 12.4 Å². The molecular formula is C15H17ClN4O2S. The highest BCUT2D eigenvalue weighted by Crippen LogP contribution is 2.16. The number of carbonyl (C=O) groups is 1. The maximum Gasteiger partial charge on any atom is 0.317 e. The lowest BCUT2D eigenvalue weighted by Gasteiger charge is -2.32. The Morgan fingerprint density at radius 1 is 1.48 bits per heavy atom. The molecule has 1 saturated heterocycles. The molecule has 3 heterocycles. The number of hydrogen-bond donors (Lipinski definition) is 1. The summed E-state index contributed by atoms with van der Waals surface area (Å²) in [7, 11) is 0. The van der Waals surface area contributed by atoms with Gasteiger partial charge in [0.15, 0.2) is 0 Å². The molecule has 1 aliphatic heterocycles. The molecule has 1 unspecified atom stereocenters. The van der Waals surface area contributed by atoms with Crippen molar-refractivity contribution in [2.24, 2.45) is 0 Å². The summed E-state index contributed by atoms with van der Waals surface area (Å²) in [4.78, 5) is 23.2. The molecule has 6 nitrogen and oxygen atoms in total. The van der Waals surface area contributed by atoms with Crippen LogP contribution in [0.4, 0.5) is 4.79 Å². The van der Waals surface area contributed by atoms with Gasteiger partial charge in [0.05, 0.1) is 30.5 Å². The van der Waals surface area contributed by atoms with Gasteiger partial charge in [-0.1, -0.05) is 17.7 Å². The van der Waals surface area contributed by atoms with E-state index in [1.54, 1.807) is 16.2 Å². The molecule has 1 N–H and O–H groups in total. The third kappa shape index (κ3) is 4.56. The Balaban J connectivity index is 1.51. The number of likely N-dealkylation sites (tertiary alicyclic amines) is 1. The quantitative estimate of drug-likeness (QED) is 0.918. The number of aromatic nitrogens is 2. The normalized spacial score (nSPS) is 17.8. The summed E-state index contributed by atoms with van der Waals surface area (Å²) in [5.74, 6) is 0. The number of rotatable bonds is 4. The van der Waals surface area contributed by atoms with Gasteiger partial charge in [-0.3, -0.25) is 0 Å². The van der Waals surface area contributed by atoms with Crippen LogP contribution < -0.4 is 10.1 Å². The molecule has 3 rings (SSSR count). The lowest BCUT2D eigenvalue weighted by atomic mass is 10.1. The summed E-state index contributed by atoms with van der Waals surface area (Å²) < 4.78 is 5.74. The lowest BCUT2D eigenvalue weighted by molar-refractivity contribution is 0.0938. The molecule has 1 fully saturated rings. The summed E-state index contributed by atoms with van der Waals surface area (Å²) in [6, 6.07) is 4.21. The fourth-order valence-electron chi connectivity index (χ4n) is 2.42. The third-order valence-electron chi connectivity index (χ3n) is 3.53. The predicted octanol–water partition coefficient (Wildman–Crippen LogP) is 2.94. The van der Waals surface area contributed by atoms with Gasteiger partial charge in [0, 0.05) is 11.4 Å². The number of thiophene rings is 1. The van der Waals surface area contributed by atoms with E-state index in [4.69, 9.17) is 16.3 Å².